The number of phenols is 1. The zero-order chi connectivity index (χ0) is 11.0. The summed E-state index contributed by atoms with van der Waals surface area (Å²) in [6.07, 6.45) is 4.62. The molecule has 2 heterocycles. The number of fused-ring (bicyclic) bond motifs is 1. The molecular formula is C13H16N2O. The molecule has 3 rings (SSSR count). The highest BCUT2D eigenvalue weighted by Gasteiger charge is 2.15. The van der Waals surface area contributed by atoms with Crippen molar-refractivity contribution in [3.8, 4) is 5.75 Å². The molecule has 0 amide bonds. The van der Waals surface area contributed by atoms with Crippen molar-refractivity contribution in [2.45, 2.75) is 19.4 Å². The van der Waals surface area contributed by atoms with Gasteiger partial charge in [-0.3, -0.25) is 4.90 Å². The minimum Gasteiger partial charge on any atom is -0.507 e. The summed E-state index contributed by atoms with van der Waals surface area (Å²) in [6.45, 7) is 3.30. The number of nitrogens with zero attached hydrogens (tertiary/aromatic N) is 1. The number of aromatic nitrogens is 1. The van der Waals surface area contributed by atoms with Gasteiger partial charge in [0, 0.05) is 23.6 Å². The average molecular weight is 216 g/mol. The van der Waals surface area contributed by atoms with Crippen LogP contribution in [0.5, 0.6) is 5.75 Å². The number of rotatable bonds is 2. The normalized spacial score (nSPS) is 17.2. The van der Waals surface area contributed by atoms with Gasteiger partial charge >= 0.3 is 0 Å². The van der Waals surface area contributed by atoms with Crippen molar-refractivity contribution >= 4 is 10.9 Å². The number of aromatic amines is 1. The van der Waals surface area contributed by atoms with Crippen LogP contribution in [0.2, 0.25) is 0 Å². The van der Waals surface area contributed by atoms with Crippen LogP contribution < -0.4 is 0 Å². The number of H-pyrrole nitrogens is 1. The summed E-state index contributed by atoms with van der Waals surface area (Å²) in [5.74, 6) is 0.382. The lowest BCUT2D eigenvalue weighted by atomic mass is 10.1. The van der Waals surface area contributed by atoms with E-state index in [1.165, 1.54) is 31.5 Å². The third kappa shape index (κ3) is 1.57. The van der Waals surface area contributed by atoms with Crippen molar-refractivity contribution in [3.63, 3.8) is 0 Å². The molecule has 1 aromatic heterocycles. The van der Waals surface area contributed by atoms with E-state index in [2.05, 4.69) is 9.88 Å². The minimum absolute atomic E-state index is 0.382. The molecule has 0 radical (unpaired) electrons. The maximum absolute atomic E-state index is 9.88. The number of benzene rings is 1. The molecule has 2 N–H and O–H groups in total. The van der Waals surface area contributed by atoms with Crippen LogP contribution >= 0.6 is 0 Å². The largest absolute Gasteiger partial charge is 0.507 e. The molecule has 1 aliphatic rings. The summed E-state index contributed by atoms with van der Waals surface area (Å²) in [5, 5.41) is 10.9. The summed E-state index contributed by atoms with van der Waals surface area (Å²) >= 11 is 0. The molecule has 1 fully saturated rings. The first-order chi connectivity index (χ1) is 7.84. The second-order valence-electron chi connectivity index (χ2n) is 4.50. The lowest BCUT2D eigenvalue weighted by Crippen LogP contribution is -2.17. The van der Waals surface area contributed by atoms with Gasteiger partial charge in [-0.15, -0.1) is 0 Å². The van der Waals surface area contributed by atoms with E-state index in [1.54, 1.807) is 6.07 Å². The topological polar surface area (TPSA) is 39.3 Å². The van der Waals surface area contributed by atoms with Gasteiger partial charge < -0.3 is 10.1 Å². The number of likely N-dealkylation sites (tertiary alicyclic amines) is 1. The van der Waals surface area contributed by atoms with Crippen molar-refractivity contribution in [1.82, 2.24) is 9.88 Å². The van der Waals surface area contributed by atoms with Crippen molar-refractivity contribution < 1.29 is 5.11 Å². The maximum Gasteiger partial charge on any atom is 0.125 e. The van der Waals surface area contributed by atoms with E-state index in [1.807, 2.05) is 18.3 Å². The van der Waals surface area contributed by atoms with E-state index in [0.717, 1.165) is 17.4 Å². The molecule has 16 heavy (non-hydrogen) atoms. The molecule has 0 saturated carbocycles. The quantitative estimate of drug-likeness (QED) is 0.809. The molecular weight excluding hydrogens is 200 g/mol. The number of nitrogens with one attached hydrogen (secondary N) is 1. The fraction of sp³-hybridized carbons (Fsp3) is 0.385. The third-order valence-corrected chi connectivity index (χ3v) is 3.36. The highest BCUT2D eigenvalue weighted by atomic mass is 16.3. The molecule has 3 nitrogen and oxygen atoms in total. The summed E-state index contributed by atoms with van der Waals surface area (Å²) in [4.78, 5) is 5.66. The summed E-state index contributed by atoms with van der Waals surface area (Å²) < 4.78 is 0. The standard InChI is InChI=1S/C13H16N2O/c16-12-5-3-4-11-13(12)10(8-14-11)9-15-6-1-2-7-15/h3-5,8,14,16H,1-2,6-7,9H2. The van der Waals surface area contributed by atoms with Gasteiger partial charge in [0.15, 0.2) is 0 Å². The van der Waals surface area contributed by atoms with Gasteiger partial charge in [0.05, 0.1) is 0 Å². The van der Waals surface area contributed by atoms with E-state index in [0.29, 0.717) is 5.75 Å². The van der Waals surface area contributed by atoms with Crippen LogP contribution in [0.1, 0.15) is 18.4 Å². The number of aromatic hydroxyl groups is 1. The van der Waals surface area contributed by atoms with E-state index in [9.17, 15) is 5.11 Å². The SMILES string of the molecule is Oc1cccc2[nH]cc(CN3CCCC3)c12. The fourth-order valence-corrected chi connectivity index (χ4v) is 2.54. The lowest BCUT2D eigenvalue weighted by molar-refractivity contribution is 0.332. The molecule has 84 valence electrons. The zero-order valence-corrected chi connectivity index (χ0v) is 9.24. The predicted octanol–water partition coefficient (Wildman–Crippen LogP) is 2.47. The zero-order valence-electron chi connectivity index (χ0n) is 9.24. The monoisotopic (exact) mass is 216 g/mol. The summed E-state index contributed by atoms with van der Waals surface area (Å²) in [5.41, 5.74) is 2.23. The molecule has 0 bridgehead atoms. The Morgan fingerprint density at radius 2 is 2.06 bits per heavy atom. The van der Waals surface area contributed by atoms with E-state index < -0.39 is 0 Å². The van der Waals surface area contributed by atoms with Gasteiger partial charge in [0.2, 0.25) is 0 Å². The van der Waals surface area contributed by atoms with Gasteiger partial charge in [-0.2, -0.15) is 0 Å². The van der Waals surface area contributed by atoms with Crippen molar-refractivity contribution in [1.29, 1.82) is 0 Å². The Balaban J connectivity index is 1.97. The van der Waals surface area contributed by atoms with Gasteiger partial charge in [0.25, 0.3) is 0 Å². The first-order valence-electron chi connectivity index (χ1n) is 5.85. The van der Waals surface area contributed by atoms with Gasteiger partial charge in [-0.1, -0.05) is 6.07 Å². The van der Waals surface area contributed by atoms with Crippen LogP contribution in [-0.2, 0) is 6.54 Å². The Hall–Kier alpha value is -1.48. The maximum atomic E-state index is 9.88. The van der Waals surface area contributed by atoms with Crippen LogP contribution in [0.4, 0.5) is 0 Å². The first-order valence-corrected chi connectivity index (χ1v) is 5.85. The van der Waals surface area contributed by atoms with Gasteiger partial charge in [0.1, 0.15) is 5.75 Å². The average Bonchev–Trinajstić information content (AvgIpc) is 2.90. The molecule has 1 aromatic carbocycles. The van der Waals surface area contributed by atoms with Crippen LogP contribution in [0.15, 0.2) is 24.4 Å². The second-order valence-corrected chi connectivity index (χ2v) is 4.50. The van der Waals surface area contributed by atoms with Crippen LogP contribution in [0.25, 0.3) is 10.9 Å². The molecule has 0 unspecified atom stereocenters. The highest BCUT2D eigenvalue weighted by Crippen LogP contribution is 2.28. The minimum atomic E-state index is 0.382. The van der Waals surface area contributed by atoms with E-state index in [4.69, 9.17) is 0 Å². The molecule has 1 saturated heterocycles. The van der Waals surface area contributed by atoms with Gasteiger partial charge in [-0.05, 0) is 43.6 Å². The summed E-state index contributed by atoms with van der Waals surface area (Å²) in [6, 6.07) is 5.62. The van der Waals surface area contributed by atoms with Crippen LogP contribution in [0.3, 0.4) is 0 Å². The van der Waals surface area contributed by atoms with E-state index in [-0.39, 0.29) is 0 Å². The molecule has 0 aliphatic carbocycles. The van der Waals surface area contributed by atoms with Crippen molar-refractivity contribution in [3.05, 3.63) is 30.0 Å². The lowest BCUT2D eigenvalue weighted by Gasteiger charge is -2.13. The Bertz CT molecular complexity index is 498. The molecule has 3 heteroatoms. The fourth-order valence-electron chi connectivity index (χ4n) is 2.54. The highest BCUT2D eigenvalue weighted by molar-refractivity contribution is 5.88. The Kier molecular flexibility index (Phi) is 2.33. The summed E-state index contributed by atoms with van der Waals surface area (Å²) in [7, 11) is 0. The van der Waals surface area contributed by atoms with Crippen LogP contribution in [-0.4, -0.2) is 28.1 Å². The first kappa shape index (κ1) is 9.73. The smallest absolute Gasteiger partial charge is 0.125 e. The molecule has 0 atom stereocenters. The number of hydrogen-bond acceptors (Lipinski definition) is 2. The molecule has 0 spiro atoms. The van der Waals surface area contributed by atoms with E-state index >= 15 is 0 Å². The Morgan fingerprint density at radius 3 is 2.88 bits per heavy atom. The Morgan fingerprint density at radius 1 is 1.25 bits per heavy atom. The van der Waals surface area contributed by atoms with Gasteiger partial charge in [-0.25, -0.2) is 0 Å². The van der Waals surface area contributed by atoms with Crippen LogP contribution in [0, 0.1) is 0 Å². The molecule has 2 aromatic rings. The Labute approximate surface area is 94.7 Å². The van der Waals surface area contributed by atoms with Crippen molar-refractivity contribution in [2.75, 3.05) is 13.1 Å². The third-order valence-electron chi connectivity index (χ3n) is 3.36. The van der Waals surface area contributed by atoms with Crippen molar-refractivity contribution in [2.24, 2.45) is 0 Å². The second kappa shape index (κ2) is 3.83. The number of phenolic OH excluding ortho intramolecular Hbond substituents is 1. The predicted molar refractivity (Wildman–Crippen MR) is 64.5 cm³/mol. The molecule has 1 aliphatic heterocycles. The number of hydrogen-bond donors (Lipinski definition) is 2.